The van der Waals surface area contributed by atoms with Crippen molar-refractivity contribution in [2.24, 2.45) is 0 Å². The predicted octanol–water partition coefficient (Wildman–Crippen LogP) is 11.3. The minimum absolute atomic E-state index is 0.736. The van der Waals surface area contributed by atoms with Gasteiger partial charge in [-0.1, -0.05) is 72.8 Å². The Balaban J connectivity index is 1.11. The van der Waals surface area contributed by atoms with Crippen LogP contribution in [0.3, 0.4) is 0 Å². The quantitative estimate of drug-likeness (QED) is 0.182. The minimum Gasteiger partial charge on any atom is -0.457 e. The molecule has 0 N–H and O–H groups in total. The standard InChI is InChI=1S/C44H34N4O/c1-27-24-30(4)40-37(25-27)45-41(31-11-7-5-8-12-31)44(48-40)34-17-21-36(22-18-34)49-35-19-15-33(16-20-35)42-43(32-13-9-6-10-14-32)47-39-29(3)23-28(2)26-38(39)46-42/h5-26H,1-4H3. The number of aromatic nitrogens is 4. The van der Waals surface area contributed by atoms with Crippen molar-refractivity contribution < 1.29 is 4.74 Å². The van der Waals surface area contributed by atoms with E-state index in [1.165, 1.54) is 11.1 Å². The zero-order valence-corrected chi connectivity index (χ0v) is 27.9. The third-order valence-electron chi connectivity index (χ3n) is 8.80. The van der Waals surface area contributed by atoms with E-state index in [4.69, 9.17) is 24.7 Å². The normalized spacial score (nSPS) is 11.3. The lowest BCUT2D eigenvalue weighted by Crippen LogP contribution is -1.98. The second-order valence-electron chi connectivity index (χ2n) is 12.6. The fourth-order valence-electron chi connectivity index (χ4n) is 6.51. The summed E-state index contributed by atoms with van der Waals surface area (Å²) in [4.78, 5) is 20.5. The van der Waals surface area contributed by atoms with Crippen molar-refractivity contribution in [3.8, 4) is 56.5 Å². The van der Waals surface area contributed by atoms with E-state index in [0.29, 0.717) is 0 Å². The van der Waals surface area contributed by atoms with Crippen LogP contribution in [0.2, 0.25) is 0 Å². The van der Waals surface area contributed by atoms with Crippen LogP contribution in [0, 0.1) is 27.7 Å². The van der Waals surface area contributed by atoms with Gasteiger partial charge in [0.15, 0.2) is 0 Å². The van der Waals surface area contributed by atoms with Crippen LogP contribution >= 0.6 is 0 Å². The molecule has 0 radical (unpaired) electrons. The molecule has 0 fully saturated rings. The van der Waals surface area contributed by atoms with Crippen LogP contribution in [-0.4, -0.2) is 19.9 Å². The summed E-state index contributed by atoms with van der Waals surface area (Å²) in [6.07, 6.45) is 0. The fourth-order valence-corrected chi connectivity index (χ4v) is 6.51. The van der Waals surface area contributed by atoms with Crippen molar-refractivity contribution >= 4 is 22.1 Å². The molecule has 0 saturated carbocycles. The molecule has 0 bridgehead atoms. The highest BCUT2D eigenvalue weighted by Crippen LogP contribution is 2.36. The summed E-state index contributed by atoms with van der Waals surface area (Å²) >= 11 is 0. The van der Waals surface area contributed by atoms with Crippen molar-refractivity contribution in [3.05, 3.63) is 156 Å². The molecule has 6 aromatic carbocycles. The first-order valence-electron chi connectivity index (χ1n) is 16.5. The van der Waals surface area contributed by atoms with E-state index in [1.807, 2.05) is 60.7 Å². The third kappa shape index (κ3) is 5.92. The van der Waals surface area contributed by atoms with Crippen LogP contribution in [0.5, 0.6) is 11.5 Å². The van der Waals surface area contributed by atoms with Gasteiger partial charge in [-0.25, -0.2) is 19.9 Å². The van der Waals surface area contributed by atoms with Crippen LogP contribution in [-0.2, 0) is 0 Å². The Bertz CT molecular complexity index is 2470. The lowest BCUT2D eigenvalue weighted by Gasteiger charge is -2.14. The van der Waals surface area contributed by atoms with Gasteiger partial charge in [0, 0.05) is 22.3 Å². The molecule has 5 nitrogen and oxygen atoms in total. The maximum absolute atomic E-state index is 6.32. The molecule has 0 amide bonds. The molecular formula is C44H34N4O. The molecule has 0 aliphatic heterocycles. The van der Waals surface area contributed by atoms with Gasteiger partial charge in [0.25, 0.3) is 0 Å². The smallest absolute Gasteiger partial charge is 0.127 e. The van der Waals surface area contributed by atoms with Crippen molar-refractivity contribution in [2.45, 2.75) is 27.7 Å². The number of ether oxygens (including phenoxy) is 1. The van der Waals surface area contributed by atoms with E-state index in [-0.39, 0.29) is 0 Å². The number of benzene rings is 6. The lowest BCUT2D eigenvalue weighted by atomic mass is 10.0. The second-order valence-corrected chi connectivity index (χ2v) is 12.6. The highest BCUT2D eigenvalue weighted by molar-refractivity contribution is 5.89. The van der Waals surface area contributed by atoms with Gasteiger partial charge >= 0.3 is 0 Å². The predicted molar refractivity (Wildman–Crippen MR) is 200 cm³/mol. The average molecular weight is 635 g/mol. The van der Waals surface area contributed by atoms with Crippen LogP contribution < -0.4 is 4.74 Å². The molecule has 8 rings (SSSR count). The monoisotopic (exact) mass is 634 g/mol. The molecule has 2 aromatic heterocycles. The fraction of sp³-hybridized carbons (Fsp3) is 0.0909. The van der Waals surface area contributed by atoms with E-state index in [2.05, 4.69) is 100 Å². The first-order valence-corrected chi connectivity index (χ1v) is 16.5. The van der Waals surface area contributed by atoms with Crippen LogP contribution in [0.25, 0.3) is 67.1 Å². The number of hydrogen-bond donors (Lipinski definition) is 0. The summed E-state index contributed by atoms with van der Waals surface area (Å²) in [5.41, 5.74) is 15.6. The molecule has 0 spiro atoms. The van der Waals surface area contributed by atoms with E-state index in [1.54, 1.807) is 0 Å². The Morgan fingerprint density at radius 1 is 0.367 bits per heavy atom. The molecule has 0 aliphatic carbocycles. The van der Waals surface area contributed by atoms with E-state index < -0.39 is 0 Å². The van der Waals surface area contributed by atoms with E-state index in [9.17, 15) is 0 Å². The van der Waals surface area contributed by atoms with Gasteiger partial charge in [0.05, 0.1) is 44.8 Å². The SMILES string of the molecule is Cc1cc(C)c2nc(-c3ccccc3)c(-c3ccc(Oc4ccc(-c5nc6c(C)cc(C)cc6nc5-c5ccccc5)cc4)cc3)nc2c1. The van der Waals surface area contributed by atoms with E-state index >= 15 is 0 Å². The summed E-state index contributed by atoms with van der Waals surface area (Å²) in [6, 6.07) is 45.2. The lowest BCUT2D eigenvalue weighted by molar-refractivity contribution is 0.483. The van der Waals surface area contributed by atoms with Gasteiger partial charge in [0.2, 0.25) is 0 Å². The van der Waals surface area contributed by atoms with Gasteiger partial charge < -0.3 is 4.74 Å². The number of hydrogen-bond acceptors (Lipinski definition) is 5. The van der Waals surface area contributed by atoms with E-state index in [0.717, 1.165) is 89.7 Å². The minimum atomic E-state index is 0.736. The first-order chi connectivity index (χ1) is 23.9. The molecule has 0 saturated heterocycles. The highest BCUT2D eigenvalue weighted by atomic mass is 16.5. The molecule has 0 unspecified atom stereocenters. The summed E-state index contributed by atoms with van der Waals surface area (Å²) < 4.78 is 6.32. The molecule has 2 heterocycles. The Morgan fingerprint density at radius 2 is 0.714 bits per heavy atom. The molecular weight excluding hydrogens is 601 g/mol. The molecule has 49 heavy (non-hydrogen) atoms. The van der Waals surface area contributed by atoms with Gasteiger partial charge in [-0.15, -0.1) is 0 Å². The molecule has 0 aliphatic rings. The van der Waals surface area contributed by atoms with Crippen LogP contribution in [0.15, 0.2) is 133 Å². The summed E-state index contributed by atoms with van der Waals surface area (Å²) in [5, 5.41) is 0. The number of aryl methyl sites for hydroxylation is 4. The zero-order valence-electron chi connectivity index (χ0n) is 27.9. The van der Waals surface area contributed by atoms with Crippen molar-refractivity contribution in [1.29, 1.82) is 0 Å². The first kappa shape index (κ1) is 30.2. The Morgan fingerprint density at radius 3 is 1.10 bits per heavy atom. The van der Waals surface area contributed by atoms with Crippen LogP contribution in [0.1, 0.15) is 22.3 Å². The van der Waals surface area contributed by atoms with Crippen LogP contribution in [0.4, 0.5) is 0 Å². The summed E-state index contributed by atoms with van der Waals surface area (Å²) in [6.45, 7) is 8.37. The average Bonchev–Trinajstić information content (AvgIpc) is 3.12. The van der Waals surface area contributed by atoms with Gasteiger partial charge in [0.1, 0.15) is 11.5 Å². The highest BCUT2D eigenvalue weighted by Gasteiger charge is 2.17. The Hall–Kier alpha value is -6.20. The second kappa shape index (κ2) is 12.4. The van der Waals surface area contributed by atoms with Crippen molar-refractivity contribution in [3.63, 3.8) is 0 Å². The molecule has 8 aromatic rings. The molecule has 5 heteroatoms. The van der Waals surface area contributed by atoms with Gasteiger partial charge in [-0.05, 0) is 111 Å². The molecule has 0 atom stereocenters. The van der Waals surface area contributed by atoms with Gasteiger partial charge in [-0.2, -0.15) is 0 Å². The molecule has 236 valence electrons. The number of rotatable bonds is 6. The Kier molecular flexibility index (Phi) is 7.65. The number of nitrogens with zero attached hydrogens (tertiary/aromatic N) is 4. The van der Waals surface area contributed by atoms with Crippen molar-refractivity contribution in [2.75, 3.05) is 0 Å². The Labute approximate surface area is 286 Å². The topological polar surface area (TPSA) is 60.8 Å². The van der Waals surface area contributed by atoms with Crippen molar-refractivity contribution in [1.82, 2.24) is 19.9 Å². The summed E-state index contributed by atoms with van der Waals surface area (Å²) in [5.74, 6) is 1.47. The van der Waals surface area contributed by atoms with Gasteiger partial charge in [-0.3, -0.25) is 0 Å². The maximum Gasteiger partial charge on any atom is 0.127 e. The number of fused-ring (bicyclic) bond motifs is 2. The third-order valence-corrected chi connectivity index (χ3v) is 8.80. The summed E-state index contributed by atoms with van der Waals surface area (Å²) in [7, 11) is 0. The zero-order chi connectivity index (χ0) is 33.5. The largest absolute Gasteiger partial charge is 0.457 e. The maximum atomic E-state index is 6.32.